The van der Waals surface area contributed by atoms with E-state index < -0.39 is 21.8 Å². The average molecular weight is 357 g/mol. The number of carbonyl (C=O) groups excluding carboxylic acids is 2. The van der Waals surface area contributed by atoms with Gasteiger partial charge in [-0.2, -0.15) is 8.42 Å². The fraction of sp³-hybridized carbons (Fsp3) is 0.533. The van der Waals surface area contributed by atoms with Crippen molar-refractivity contribution >= 4 is 22.3 Å². The molecule has 0 aliphatic carbocycles. The Morgan fingerprint density at radius 1 is 1.38 bits per heavy atom. The molecule has 0 radical (unpaired) electrons. The first-order valence-electron chi connectivity index (χ1n) is 7.56. The minimum absolute atomic E-state index is 0.172. The van der Waals surface area contributed by atoms with Crippen LogP contribution in [0.3, 0.4) is 0 Å². The summed E-state index contributed by atoms with van der Waals surface area (Å²) in [6.07, 6.45) is 2.54. The van der Waals surface area contributed by atoms with Gasteiger partial charge in [0.05, 0.1) is 12.5 Å². The predicted molar refractivity (Wildman–Crippen MR) is 86.4 cm³/mol. The van der Waals surface area contributed by atoms with Gasteiger partial charge in [0.2, 0.25) is 12.3 Å². The topological polar surface area (TPSA) is 117 Å². The molecule has 9 heteroatoms. The Labute approximate surface area is 141 Å². The van der Waals surface area contributed by atoms with Crippen molar-refractivity contribution in [1.29, 1.82) is 0 Å². The van der Waals surface area contributed by atoms with Crippen LogP contribution in [0.15, 0.2) is 23.4 Å². The Kier molecular flexibility index (Phi) is 7.30. The second-order valence-corrected chi connectivity index (χ2v) is 7.67. The third-order valence-corrected chi connectivity index (χ3v) is 4.65. The molecule has 1 aromatic heterocycles. The minimum Gasteiger partial charge on any atom is -0.286 e. The minimum atomic E-state index is -4.10. The standard InChI is InChI=1S/C15H23N3O5S/c1-11(2)4-6-13(9-18(21)10-19)15(20)17-24(22,23)14-7-5-12(3)8-16-14/h5,7-8,10-11,13,21H,4,6,9H2,1-3H3,(H,17,20). The monoisotopic (exact) mass is 357 g/mol. The van der Waals surface area contributed by atoms with E-state index in [0.29, 0.717) is 23.8 Å². The van der Waals surface area contributed by atoms with Crippen molar-refractivity contribution in [2.24, 2.45) is 11.8 Å². The Hall–Kier alpha value is -2.00. The summed E-state index contributed by atoms with van der Waals surface area (Å²) in [4.78, 5) is 26.6. The molecular weight excluding hydrogens is 334 g/mol. The molecule has 24 heavy (non-hydrogen) atoms. The maximum atomic E-state index is 12.3. The van der Waals surface area contributed by atoms with E-state index in [1.807, 2.05) is 18.6 Å². The lowest BCUT2D eigenvalue weighted by atomic mass is 9.97. The number of rotatable bonds is 9. The quantitative estimate of drug-likeness (QED) is 0.388. The lowest BCUT2D eigenvalue weighted by Crippen LogP contribution is -2.40. The molecule has 1 rings (SSSR count). The van der Waals surface area contributed by atoms with Crippen LogP contribution >= 0.6 is 0 Å². The lowest BCUT2D eigenvalue weighted by molar-refractivity contribution is -0.154. The molecule has 0 spiro atoms. The maximum Gasteiger partial charge on any atom is 0.281 e. The molecule has 0 aromatic carbocycles. The zero-order valence-corrected chi connectivity index (χ0v) is 14.8. The van der Waals surface area contributed by atoms with Gasteiger partial charge in [-0.25, -0.2) is 14.8 Å². The molecule has 2 amide bonds. The van der Waals surface area contributed by atoms with Gasteiger partial charge in [0, 0.05) is 6.20 Å². The summed E-state index contributed by atoms with van der Waals surface area (Å²) < 4.78 is 26.4. The lowest BCUT2D eigenvalue weighted by Gasteiger charge is -2.20. The van der Waals surface area contributed by atoms with Crippen molar-refractivity contribution in [2.75, 3.05) is 6.54 Å². The van der Waals surface area contributed by atoms with Crippen molar-refractivity contribution in [3.05, 3.63) is 23.9 Å². The van der Waals surface area contributed by atoms with E-state index in [4.69, 9.17) is 0 Å². The second kappa shape index (κ2) is 8.74. The molecular formula is C15H23N3O5S. The Balaban J connectivity index is 2.88. The Bertz CT molecular complexity index is 658. The van der Waals surface area contributed by atoms with E-state index in [-0.39, 0.29) is 18.0 Å². The largest absolute Gasteiger partial charge is 0.286 e. The zero-order chi connectivity index (χ0) is 18.3. The molecule has 0 bridgehead atoms. The summed E-state index contributed by atoms with van der Waals surface area (Å²) in [6, 6.07) is 2.88. The molecule has 0 fully saturated rings. The van der Waals surface area contributed by atoms with Gasteiger partial charge >= 0.3 is 0 Å². The summed E-state index contributed by atoms with van der Waals surface area (Å²) in [5, 5.41) is 9.38. The fourth-order valence-corrected chi connectivity index (χ4v) is 2.96. The molecule has 1 heterocycles. The number of sulfonamides is 1. The van der Waals surface area contributed by atoms with E-state index in [0.717, 1.165) is 5.56 Å². The fourth-order valence-electron chi connectivity index (χ4n) is 1.99. The van der Waals surface area contributed by atoms with Crippen LogP contribution in [0.4, 0.5) is 0 Å². The van der Waals surface area contributed by atoms with Gasteiger partial charge in [0.25, 0.3) is 10.0 Å². The molecule has 0 aliphatic heterocycles. The molecule has 2 N–H and O–H groups in total. The number of hydroxylamine groups is 2. The first kappa shape index (κ1) is 20.0. The van der Waals surface area contributed by atoms with Crippen LogP contribution in [0.25, 0.3) is 0 Å². The smallest absolute Gasteiger partial charge is 0.281 e. The number of pyridine rings is 1. The Morgan fingerprint density at radius 3 is 2.54 bits per heavy atom. The molecule has 134 valence electrons. The third kappa shape index (κ3) is 6.25. The van der Waals surface area contributed by atoms with Crippen molar-refractivity contribution in [1.82, 2.24) is 14.8 Å². The first-order valence-corrected chi connectivity index (χ1v) is 9.04. The highest BCUT2D eigenvalue weighted by atomic mass is 32.2. The number of carbonyl (C=O) groups is 2. The van der Waals surface area contributed by atoms with Gasteiger partial charge in [-0.15, -0.1) is 0 Å². The van der Waals surface area contributed by atoms with Crippen LogP contribution in [-0.4, -0.2) is 42.5 Å². The van der Waals surface area contributed by atoms with E-state index in [2.05, 4.69) is 4.98 Å². The van der Waals surface area contributed by atoms with Gasteiger partial charge in [0.1, 0.15) is 0 Å². The van der Waals surface area contributed by atoms with Gasteiger partial charge in [-0.3, -0.25) is 14.8 Å². The number of nitrogens with zero attached hydrogens (tertiary/aromatic N) is 2. The summed E-state index contributed by atoms with van der Waals surface area (Å²) in [5.41, 5.74) is 0.789. The van der Waals surface area contributed by atoms with Crippen molar-refractivity contribution in [3.63, 3.8) is 0 Å². The van der Waals surface area contributed by atoms with Crippen LogP contribution in [-0.2, 0) is 19.6 Å². The molecule has 1 atom stereocenters. The molecule has 8 nitrogen and oxygen atoms in total. The molecule has 0 aliphatic rings. The van der Waals surface area contributed by atoms with E-state index >= 15 is 0 Å². The van der Waals surface area contributed by atoms with Crippen LogP contribution in [0, 0.1) is 18.8 Å². The molecule has 1 aromatic rings. The normalized spacial score (nSPS) is 12.7. The summed E-state index contributed by atoms with van der Waals surface area (Å²) in [7, 11) is -4.10. The van der Waals surface area contributed by atoms with Gasteiger partial charge in [-0.05, 0) is 30.9 Å². The van der Waals surface area contributed by atoms with Gasteiger partial charge < -0.3 is 0 Å². The highest BCUT2D eigenvalue weighted by molar-refractivity contribution is 7.90. The maximum absolute atomic E-state index is 12.3. The predicted octanol–water partition coefficient (Wildman–Crippen LogP) is 1.09. The first-order chi connectivity index (χ1) is 11.2. The summed E-state index contributed by atoms with van der Waals surface area (Å²) in [6.45, 7) is 5.40. The van der Waals surface area contributed by atoms with Crippen molar-refractivity contribution < 1.29 is 23.2 Å². The van der Waals surface area contributed by atoms with Crippen LogP contribution < -0.4 is 4.72 Å². The van der Waals surface area contributed by atoms with E-state index in [1.165, 1.54) is 12.3 Å². The number of aryl methyl sites for hydroxylation is 1. The van der Waals surface area contributed by atoms with Crippen LogP contribution in [0.2, 0.25) is 0 Å². The molecule has 0 saturated heterocycles. The highest BCUT2D eigenvalue weighted by Crippen LogP contribution is 2.15. The van der Waals surface area contributed by atoms with Gasteiger partial charge in [0.15, 0.2) is 5.03 Å². The number of amides is 2. The zero-order valence-electron chi connectivity index (χ0n) is 14.0. The van der Waals surface area contributed by atoms with Crippen LogP contribution in [0.5, 0.6) is 0 Å². The SMILES string of the molecule is Cc1ccc(S(=O)(=O)NC(=O)C(CCC(C)C)CN(O)C=O)nc1. The third-order valence-electron chi connectivity index (χ3n) is 3.39. The van der Waals surface area contributed by atoms with Crippen molar-refractivity contribution in [3.8, 4) is 0 Å². The number of aromatic nitrogens is 1. The summed E-state index contributed by atoms with van der Waals surface area (Å²) >= 11 is 0. The van der Waals surface area contributed by atoms with Crippen molar-refractivity contribution in [2.45, 2.75) is 38.6 Å². The van der Waals surface area contributed by atoms with E-state index in [1.54, 1.807) is 13.0 Å². The molecule has 0 saturated carbocycles. The average Bonchev–Trinajstić information content (AvgIpc) is 2.50. The highest BCUT2D eigenvalue weighted by Gasteiger charge is 2.26. The number of hydrogen-bond donors (Lipinski definition) is 2. The van der Waals surface area contributed by atoms with Crippen LogP contribution in [0.1, 0.15) is 32.3 Å². The second-order valence-electron chi connectivity index (χ2n) is 6.04. The number of hydrogen-bond acceptors (Lipinski definition) is 6. The number of nitrogens with one attached hydrogen (secondary N) is 1. The van der Waals surface area contributed by atoms with Gasteiger partial charge in [-0.1, -0.05) is 26.3 Å². The van der Waals surface area contributed by atoms with E-state index in [9.17, 15) is 23.2 Å². The molecule has 1 unspecified atom stereocenters. The summed E-state index contributed by atoms with van der Waals surface area (Å²) in [5.74, 6) is -1.33. The Morgan fingerprint density at radius 2 is 2.04 bits per heavy atom.